The Morgan fingerprint density at radius 3 is 2.46 bits per heavy atom. The van der Waals surface area contributed by atoms with E-state index in [-0.39, 0.29) is 19.3 Å². The second kappa shape index (κ2) is 3.40. The van der Waals surface area contributed by atoms with Crippen LogP contribution in [0.1, 0.15) is 19.3 Å². The molecule has 0 aromatic heterocycles. The van der Waals surface area contributed by atoms with E-state index in [2.05, 4.69) is 0 Å². The number of carboxylic acids is 1. The first-order chi connectivity index (χ1) is 5.94. The van der Waals surface area contributed by atoms with Gasteiger partial charge in [0.2, 0.25) is 5.92 Å². The molecular formula is C8H10F2O3. The molecule has 74 valence electrons. The number of halogens is 2. The third-order valence-corrected chi connectivity index (χ3v) is 2.31. The Bertz CT molecular complexity index is 219. The van der Waals surface area contributed by atoms with Crippen molar-refractivity contribution in [3.8, 4) is 0 Å². The van der Waals surface area contributed by atoms with Gasteiger partial charge in [0.15, 0.2) is 0 Å². The Morgan fingerprint density at radius 1 is 1.62 bits per heavy atom. The molecule has 0 aliphatic heterocycles. The lowest BCUT2D eigenvalue weighted by Crippen LogP contribution is -2.40. The van der Waals surface area contributed by atoms with Crippen LogP contribution in [0.5, 0.6) is 0 Å². The number of alkyl halides is 2. The fourth-order valence-corrected chi connectivity index (χ4v) is 1.54. The van der Waals surface area contributed by atoms with Gasteiger partial charge in [-0.1, -0.05) is 0 Å². The maximum Gasteiger partial charge on any atom is 0.304 e. The van der Waals surface area contributed by atoms with Crippen LogP contribution in [0.15, 0.2) is 0 Å². The monoisotopic (exact) mass is 192 g/mol. The predicted octanol–water partition coefficient (Wildman–Crippen LogP) is 1.32. The standard InChI is InChI=1S/C8H10F2O3/c9-8(10)2-6(3-8)5(4-11)1-7(12)13/h4-6H,1-3H2,(H,12,13). The van der Waals surface area contributed by atoms with Crippen LogP contribution < -0.4 is 0 Å². The van der Waals surface area contributed by atoms with Crippen LogP contribution in [0, 0.1) is 11.8 Å². The zero-order valence-corrected chi connectivity index (χ0v) is 6.87. The summed E-state index contributed by atoms with van der Waals surface area (Å²) in [5.74, 6) is -5.02. The molecule has 1 rings (SSSR count). The third kappa shape index (κ3) is 2.47. The fourth-order valence-electron chi connectivity index (χ4n) is 1.54. The van der Waals surface area contributed by atoms with Gasteiger partial charge in [-0.3, -0.25) is 4.79 Å². The summed E-state index contributed by atoms with van der Waals surface area (Å²) in [7, 11) is 0. The number of carbonyl (C=O) groups is 2. The number of aldehydes is 1. The molecule has 0 aromatic carbocycles. The average molecular weight is 192 g/mol. The van der Waals surface area contributed by atoms with Crippen molar-refractivity contribution in [2.45, 2.75) is 25.2 Å². The lowest BCUT2D eigenvalue weighted by atomic mass is 9.72. The van der Waals surface area contributed by atoms with Gasteiger partial charge in [-0.25, -0.2) is 8.78 Å². The van der Waals surface area contributed by atoms with Crippen molar-refractivity contribution in [2.75, 3.05) is 0 Å². The number of rotatable bonds is 4. The smallest absolute Gasteiger partial charge is 0.304 e. The van der Waals surface area contributed by atoms with Crippen LogP contribution in [0.2, 0.25) is 0 Å². The van der Waals surface area contributed by atoms with Gasteiger partial charge in [0, 0.05) is 18.8 Å². The highest BCUT2D eigenvalue weighted by Gasteiger charge is 2.48. The molecule has 5 heteroatoms. The number of carbonyl (C=O) groups excluding carboxylic acids is 1. The van der Waals surface area contributed by atoms with Gasteiger partial charge >= 0.3 is 5.97 Å². The molecule has 3 nitrogen and oxygen atoms in total. The Morgan fingerprint density at radius 2 is 2.15 bits per heavy atom. The van der Waals surface area contributed by atoms with Crippen LogP contribution in [0.4, 0.5) is 8.78 Å². The first kappa shape index (κ1) is 10.1. The van der Waals surface area contributed by atoms with Crippen molar-refractivity contribution in [1.29, 1.82) is 0 Å². The topological polar surface area (TPSA) is 54.4 Å². The van der Waals surface area contributed by atoms with Crippen LogP contribution >= 0.6 is 0 Å². The maximum atomic E-state index is 12.4. The van der Waals surface area contributed by atoms with Crippen molar-refractivity contribution in [3.63, 3.8) is 0 Å². The average Bonchev–Trinajstić information content (AvgIpc) is 1.95. The van der Waals surface area contributed by atoms with Crippen LogP contribution in [-0.4, -0.2) is 23.3 Å². The highest BCUT2D eigenvalue weighted by Crippen LogP contribution is 2.46. The molecule has 0 amide bonds. The van der Waals surface area contributed by atoms with E-state index in [1.165, 1.54) is 0 Å². The lowest BCUT2D eigenvalue weighted by molar-refractivity contribution is -0.149. The van der Waals surface area contributed by atoms with Gasteiger partial charge in [0.25, 0.3) is 0 Å². The van der Waals surface area contributed by atoms with Crippen LogP contribution in [0.3, 0.4) is 0 Å². The predicted molar refractivity (Wildman–Crippen MR) is 39.5 cm³/mol. The van der Waals surface area contributed by atoms with E-state index < -0.39 is 23.7 Å². The summed E-state index contributed by atoms with van der Waals surface area (Å²) < 4.78 is 24.7. The normalized spacial score (nSPS) is 23.2. The minimum Gasteiger partial charge on any atom is -0.481 e. The molecule has 0 radical (unpaired) electrons. The zero-order valence-electron chi connectivity index (χ0n) is 6.87. The maximum absolute atomic E-state index is 12.4. The number of carboxylic acid groups (broad SMARTS) is 1. The Labute approximate surface area is 73.7 Å². The summed E-state index contributed by atoms with van der Waals surface area (Å²) in [6.07, 6.45) is -0.592. The van der Waals surface area contributed by atoms with E-state index in [1.807, 2.05) is 0 Å². The van der Waals surface area contributed by atoms with Gasteiger partial charge in [-0.05, 0) is 5.92 Å². The Kier molecular flexibility index (Phi) is 2.63. The van der Waals surface area contributed by atoms with Gasteiger partial charge in [-0.15, -0.1) is 0 Å². The van der Waals surface area contributed by atoms with Crippen molar-refractivity contribution in [1.82, 2.24) is 0 Å². The van der Waals surface area contributed by atoms with E-state index in [4.69, 9.17) is 5.11 Å². The molecule has 1 fully saturated rings. The van der Waals surface area contributed by atoms with Crippen LogP contribution in [0.25, 0.3) is 0 Å². The lowest BCUT2D eigenvalue weighted by Gasteiger charge is -2.37. The number of hydrogen-bond acceptors (Lipinski definition) is 2. The summed E-state index contributed by atoms with van der Waals surface area (Å²) in [4.78, 5) is 20.6. The molecule has 1 N–H and O–H groups in total. The number of hydrogen-bond donors (Lipinski definition) is 1. The summed E-state index contributed by atoms with van der Waals surface area (Å²) >= 11 is 0. The van der Waals surface area contributed by atoms with Crippen LogP contribution in [-0.2, 0) is 9.59 Å². The van der Waals surface area contributed by atoms with Crippen molar-refractivity contribution < 1.29 is 23.5 Å². The molecule has 0 aromatic rings. The van der Waals surface area contributed by atoms with Crippen molar-refractivity contribution >= 4 is 12.3 Å². The van der Waals surface area contributed by atoms with E-state index in [9.17, 15) is 18.4 Å². The second-order valence-corrected chi connectivity index (χ2v) is 3.42. The molecule has 13 heavy (non-hydrogen) atoms. The second-order valence-electron chi connectivity index (χ2n) is 3.42. The molecule has 1 aliphatic carbocycles. The number of aliphatic carboxylic acids is 1. The van der Waals surface area contributed by atoms with Gasteiger partial charge in [0.05, 0.1) is 6.42 Å². The summed E-state index contributed by atoms with van der Waals surface area (Å²) in [5, 5.41) is 8.37. The first-order valence-corrected chi connectivity index (χ1v) is 3.99. The largest absolute Gasteiger partial charge is 0.481 e. The SMILES string of the molecule is O=CC(CC(=O)O)C1CC(F)(F)C1. The molecular weight excluding hydrogens is 182 g/mol. The van der Waals surface area contributed by atoms with Gasteiger partial charge in [0.1, 0.15) is 6.29 Å². The minimum atomic E-state index is -2.69. The Balaban J connectivity index is 2.42. The quantitative estimate of drug-likeness (QED) is 0.683. The molecule has 0 heterocycles. The Hall–Kier alpha value is -1.00. The zero-order chi connectivity index (χ0) is 10.1. The fraction of sp³-hybridized carbons (Fsp3) is 0.750. The molecule has 0 saturated heterocycles. The van der Waals surface area contributed by atoms with Gasteiger partial charge in [-0.2, -0.15) is 0 Å². The summed E-state index contributed by atoms with van der Waals surface area (Å²) in [6, 6.07) is 0. The minimum absolute atomic E-state index is 0.343. The van der Waals surface area contributed by atoms with E-state index >= 15 is 0 Å². The third-order valence-electron chi connectivity index (χ3n) is 2.31. The van der Waals surface area contributed by atoms with E-state index in [1.54, 1.807) is 0 Å². The first-order valence-electron chi connectivity index (χ1n) is 3.99. The molecule has 1 atom stereocenters. The molecule has 0 spiro atoms. The molecule has 0 bridgehead atoms. The van der Waals surface area contributed by atoms with Crippen molar-refractivity contribution in [3.05, 3.63) is 0 Å². The van der Waals surface area contributed by atoms with Gasteiger partial charge < -0.3 is 9.90 Å². The van der Waals surface area contributed by atoms with E-state index in [0.29, 0.717) is 6.29 Å². The highest BCUT2D eigenvalue weighted by atomic mass is 19.3. The highest BCUT2D eigenvalue weighted by molar-refractivity contribution is 5.72. The summed E-state index contributed by atoms with van der Waals surface area (Å²) in [5.41, 5.74) is 0. The molecule has 1 saturated carbocycles. The van der Waals surface area contributed by atoms with Crippen molar-refractivity contribution in [2.24, 2.45) is 11.8 Å². The molecule has 1 aliphatic rings. The summed E-state index contributed by atoms with van der Waals surface area (Å²) in [6.45, 7) is 0. The van der Waals surface area contributed by atoms with E-state index in [0.717, 1.165) is 0 Å². The molecule has 1 unspecified atom stereocenters.